The summed E-state index contributed by atoms with van der Waals surface area (Å²) in [5.41, 5.74) is 13.6. The first-order valence-corrected chi connectivity index (χ1v) is 14.1. The van der Waals surface area contributed by atoms with Crippen LogP contribution in [0.1, 0.15) is 65.7 Å². The van der Waals surface area contributed by atoms with Crippen molar-refractivity contribution >= 4 is 28.8 Å². The van der Waals surface area contributed by atoms with Gasteiger partial charge in [-0.1, -0.05) is 61.7 Å². The van der Waals surface area contributed by atoms with Gasteiger partial charge in [-0.15, -0.1) is 0 Å². The molecule has 0 bridgehead atoms. The van der Waals surface area contributed by atoms with Crippen molar-refractivity contribution in [2.45, 2.75) is 66.0 Å². The number of aryl methyl sites for hydroxylation is 3. The molecule has 1 aliphatic rings. The third kappa shape index (κ3) is 7.94. The molecular formula is C33H41N5O2. The van der Waals surface area contributed by atoms with E-state index in [1.165, 1.54) is 22.3 Å². The maximum absolute atomic E-state index is 13.2. The largest absolute Gasteiger partial charge is 0.485 e. The molecule has 4 rings (SSSR count). The van der Waals surface area contributed by atoms with Gasteiger partial charge in [0, 0.05) is 12.1 Å². The van der Waals surface area contributed by atoms with Gasteiger partial charge in [0.2, 0.25) is 0 Å². The van der Waals surface area contributed by atoms with E-state index in [9.17, 15) is 4.79 Å². The molecule has 1 unspecified atom stereocenters. The van der Waals surface area contributed by atoms with Gasteiger partial charge in [-0.3, -0.25) is 15.2 Å². The van der Waals surface area contributed by atoms with Crippen LogP contribution in [-0.2, 0) is 13.0 Å². The average molecular weight is 540 g/mol. The number of carbonyl (C=O) groups is 1. The van der Waals surface area contributed by atoms with E-state index in [2.05, 4.69) is 55.7 Å². The fraction of sp³-hybridized carbons (Fsp3) is 0.364. The molecule has 210 valence electrons. The molecule has 0 heterocycles. The van der Waals surface area contributed by atoms with Gasteiger partial charge in [0.15, 0.2) is 0 Å². The first-order valence-electron chi connectivity index (χ1n) is 14.1. The fourth-order valence-corrected chi connectivity index (χ4v) is 4.70. The number of nitrogens with one attached hydrogen (secondary N) is 3. The van der Waals surface area contributed by atoms with Crippen molar-refractivity contribution in [2.75, 3.05) is 11.9 Å². The number of amides is 1. The molecule has 1 atom stereocenters. The van der Waals surface area contributed by atoms with E-state index in [4.69, 9.17) is 20.9 Å². The van der Waals surface area contributed by atoms with Gasteiger partial charge in [-0.05, 0) is 80.5 Å². The SMILES string of the molecule is CCc1ccccc1N=C(C)COc1ccc(C(=O)NC(CC2CC2)C(=N)N)cc1NCc1ccc(C)cc1C. The summed E-state index contributed by atoms with van der Waals surface area (Å²) >= 11 is 0. The Balaban J connectivity index is 1.54. The summed E-state index contributed by atoms with van der Waals surface area (Å²) in [6.45, 7) is 9.16. The lowest BCUT2D eigenvalue weighted by Crippen LogP contribution is -2.44. The van der Waals surface area contributed by atoms with E-state index in [-0.39, 0.29) is 11.7 Å². The molecule has 0 aromatic heterocycles. The summed E-state index contributed by atoms with van der Waals surface area (Å²) < 4.78 is 6.22. The zero-order valence-corrected chi connectivity index (χ0v) is 24.0. The van der Waals surface area contributed by atoms with E-state index in [1.807, 2.05) is 31.2 Å². The number of hydrogen-bond donors (Lipinski definition) is 4. The van der Waals surface area contributed by atoms with Gasteiger partial charge in [-0.25, -0.2) is 0 Å². The summed E-state index contributed by atoms with van der Waals surface area (Å²) in [5, 5.41) is 14.4. The highest BCUT2D eigenvalue weighted by molar-refractivity contribution is 5.98. The fourth-order valence-electron chi connectivity index (χ4n) is 4.70. The van der Waals surface area contributed by atoms with Crippen LogP contribution < -0.4 is 21.1 Å². The number of para-hydroxylation sites is 1. The second-order valence-corrected chi connectivity index (χ2v) is 10.8. The zero-order valence-electron chi connectivity index (χ0n) is 24.0. The van der Waals surface area contributed by atoms with Crippen LogP contribution in [0, 0.1) is 25.2 Å². The Hall–Kier alpha value is -4.13. The van der Waals surface area contributed by atoms with Crippen molar-refractivity contribution in [3.8, 4) is 5.75 Å². The number of nitrogens with two attached hydrogens (primary N) is 1. The van der Waals surface area contributed by atoms with Gasteiger partial charge < -0.3 is 21.1 Å². The van der Waals surface area contributed by atoms with Crippen molar-refractivity contribution in [1.29, 1.82) is 5.41 Å². The molecule has 7 heteroatoms. The van der Waals surface area contributed by atoms with Gasteiger partial charge in [0.05, 0.1) is 23.1 Å². The number of carbonyl (C=O) groups excluding carboxylic acids is 1. The molecule has 3 aromatic carbocycles. The van der Waals surface area contributed by atoms with Gasteiger partial charge in [0.25, 0.3) is 5.91 Å². The highest BCUT2D eigenvalue weighted by Crippen LogP contribution is 2.34. The molecule has 5 N–H and O–H groups in total. The Morgan fingerprint density at radius 3 is 2.58 bits per heavy atom. The minimum atomic E-state index is -0.451. The van der Waals surface area contributed by atoms with Crippen molar-refractivity contribution in [2.24, 2.45) is 16.6 Å². The molecule has 7 nitrogen and oxygen atoms in total. The highest BCUT2D eigenvalue weighted by atomic mass is 16.5. The summed E-state index contributed by atoms with van der Waals surface area (Å²) in [5.74, 6) is 0.915. The Labute approximate surface area is 237 Å². The summed E-state index contributed by atoms with van der Waals surface area (Å²) in [6.07, 6.45) is 3.88. The predicted molar refractivity (Wildman–Crippen MR) is 164 cm³/mol. The summed E-state index contributed by atoms with van der Waals surface area (Å²) in [4.78, 5) is 18.0. The predicted octanol–water partition coefficient (Wildman–Crippen LogP) is 6.48. The molecule has 1 amide bonds. The minimum Gasteiger partial charge on any atom is -0.485 e. The smallest absolute Gasteiger partial charge is 0.251 e. The van der Waals surface area contributed by atoms with E-state index >= 15 is 0 Å². The van der Waals surface area contributed by atoms with Crippen LogP contribution in [-0.4, -0.2) is 30.1 Å². The molecule has 40 heavy (non-hydrogen) atoms. The lowest BCUT2D eigenvalue weighted by atomic mass is 10.1. The van der Waals surface area contributed by atoms with Crippen LogP contribution in [0.4, 0.5) is 11.4 Å². The van der Waals surface area contributed by atoms with Crippen LogP contribution in [0.25, 0.3) is 0 Å². The van der Waals surface area contributed by atoms with Crippen molar-refractivity contribution in [1.82, 2.24) is 5.32 Å². The topological polar surface area (TPSA) is 113 Å². The molecule has 0 radical (unpaired) electrons. The number of anilines is 1. The Kier molecular flexibility index (Phi) is 9.59. The molecule has 1 aliphatic carbocycles. The van der Waals surface area contributed by atoms with Gasteiger partial charge >= 0.3 is 0 Å². The quantitative estimate of drug-likeness (QED) is 0.147. The van der Waals surface area contributed by atoms with E-state index in [0.29, 0.717) is 36.8 Å². The molecule has 0 aliphatic heterocycles. The second kappa shape index (κ2) is 13.3. The number of amidine groups is 1. The Bertz CT molecular complexity index is 1390. The zero-order chi connectivity index (χ0) is 28.6. The number of benzene rings is 3. The number of rotatable bonds is 13. The molecule has 3 aromatic rings. The molecule has 0 saturated heterocycles. The number of ether oxygens (including phenoxy) is 1. The molecule has 1 fully saturated rings. The third-order valence-corrected chi connectivity index (χ3v) is 7.28. The van der Waals surface area contributed by atoms with E-state index < -0.39 is 6.04 Å². The van der Waals surface area contributed by atoms with Crippen molar-refractivity contribution in [3.05, 3.63) is 88.5 Å². The summed E-state index contributed by atoms with van der Waals surface area (Å²) in [6, 6.07) is 19.4. The molecule has 1 saturated carbocycles. The maximum Gasteiger partial charge on any atom is 0.251 e. The van der Waals surface area contributed by atoms with Gasteiger partial charge in [0.1, 0.15) is 18.2 Å². The van der Waals surface area contributed by atoms with Crippen LogP contribution in [0.5, 0.6) is 5.75 Å². The lowest BCUT2D eigenvalue weighted by molar-refractivity contribution is 0.0944. The first-order chi connectivity index (χ1) is 19.2. The standard InChI is InChI=1S/C33H41N5O2/c1-5-25-8-6-7-9-28(25)37-23(4)20-40-31-15-14-26(33(39)38-30(32(34)35)17-24-11-12-24)18-29(31)36-19-27-13-10-21(2)16-22(27)3/h6-10,13-16,18,24,30,36H,5,11-12,17,19-20H2,1-4H3,(H3,34,35)(H,38,39). The lowest BCUT2D eigenvalue weighted by Gasteiger charge is -2.19. The third-order valence-electron chi connectivity index (χ3n) is 7.28. The van der Waals surface area contributed by atoms with E-state index in [1.54, 1.807) is 12.1 Å². The Morgan fingerprint density at radius 1 is 1.10 bits per heavy atom. The average Bonchev–Trinajstić information content (AvgIpc) is 3.75. The number of aliphatic imine (C=N–C) groups is 1. The van der Waals surface area contributed by atoms with Crippen LogP contribution in [0.15, 0.2) is 65.7 Å². The molecule has 0 spiro atoms. The number of nitrogens with zero attached hydrogens (tertiary/aromatic N) is 1. The van der Waals surface area contributed by atoms with Crippen LogP contribution >= 0.6 is 0 Å². The monoisotopic (exact) mass is 539 g/mol. The van der Waals surface area contributed by atoms with Crippen molar-refractivity contribution < 1.29 is 9.53 Å². The first kappa shape index (κ1) is 28.9. The van der Waals surface area contributed by atoms with Crippen molar-refractivity contribution in [3.63, 3.8) is 0 Å². The van der Waals surface area contributed by atoms with Crippen LogP contribution in [0.2, 0.25) is 0 Å². The maximum atomic E-state index is 13.2. The normalized spacial score (nSPS) is 13.9. The number of hydrogen-bond acceptors (Lipinski definition) is 5. The highest BCUT2D eigenvalue weighted by Gasteiger charge is 2.28. The second-order valence-electron chi connectivity index (χ2n) is 10.8. The van der Waals surface area contributed by atoms with Crippen LogP contribution in [0.3, 0.4) is 0 Å². The molecular weight excluding hydrogens is 498 g/mol. The summed E-state index contributed by atoms with van der Waals surface area (Å²) in [7, 11) is 0. The van der Waals surface area contributed by atoms with E-state index in [0.717, 1.165) is 36.3 Å². The minimum absolute atomic E-state index is 0.00666. The Morgan fingerprint density at radius 2 is 1.88 bits per heavy atom. The van der Waals surface area contributed by atoms with Gasteiger partial charge in [-0.2, -0.15) is 0 Å².